The number of aromatic nitrogens is 2. The second kappa shape index (κ2) is 3.20. The minimum Gasteiger partial charge on any atom is -0.329 e. The first-order chi connectivity index (χ1) is 6.85. The van der Waals surface area contributed by atoms with E-state index >= 15 is 0 Å². The summed E-state index contributed by atoms with van der Waals surface area (Å²) in [5.74, 6) is 0.283. The molecule has 0 spiro atoms. The lowest BCUT2D eigenvalue weighted by atomic mass is 10.1. The first-order valence-corrected chi connectivity index (χ1v) is 4.10. The van der Waals surface area contributed by atoms with Crippen LogP contribution in [0.25, 0.3) is 11.0 Å². The summed E-state index contributed by atoms with van der Waals surface area (Å²) in [6.07, 6.45) is 0.313. The van der Waals surface area contributed by atoms with Gasteiger partial charge in [0.25, 0.3) is 0 Å². The number of imidazole rings is 1. The van der Waals surface area contributed by atoms with Gasteiger partial charge in [-0.2, -0.15) is 10.5 Å². The molecule has 0 saturated carbocycles. The second-order valence-corrected chi connectivity index (χ2v) is 2.85. The Morgan fingerprint density at radius 1 is 1.36 bits per heavy atom. The third kappa shape index (κ3) is 1.19. The summed E-state index contributed by atoms with van der Waals surface area (Å²) in [5.41, 5.74) is 2.36. The van der Waals surface area contributed by atoms with Gasteiger partial charge >= 0.3 is 0 Å². The zero-order valence-corrected chi connectivity index (χ0v) is 7.28. The molecule has 66 valence electrons. The molecule has 14 heavy (non-hydrogen) atoms. The van der Waals surface area contributed by atoms with Gasteiger partial charge in [0, 0.05) is 0 Å². The fourth-order valence-corrected chi connectivity index (χ4v) is 1.37. The van der Waals surface area contributed by atoms with Gasteiger partial charge in [-0.25, -0.2) is 4.98 Å². The van der Waals surface area contributed by atoms with Crippen LogP contribution in [-0.2, 0) is 6.42 Å². The molecule has 1 N–H and O–H groups in total. The summed E-state index contributed by atoms with van der Waals surface area (Å²) in [7, 11) is 0. The molecule has 1 aromatic heterocycles. The zero-order valence-electron chi connectivity index (χ0n) is 7.28. The van der Waals surface area contributed by atoms with Crippen molar-refractivity contribution in [3.63, 3.8) is 0 Å². The zero-order chi connectivity index (χ0) is 9.97. The molecule has 0 atom stereocenters. The molecule has 0 bridgehead atoms. The van der Waals surface area contributed by atoms with Crippen LogP contribution < -0.4 is 0 Å². The van der Waals surface area contributed by atoms with E-state index in [4.69, 9.17) is 10.5 Å². The van der Waals surface area contributed by atoms with Gasteiger partial charge in [-0.1, -0.05) is 12.1 Å². The predicted molar refractivity (Wildman–Crippen MR) is 50.1 cm³/mol. The highest BCUT2D eigenvalue weighted by Gasteiger charge is 2.05. The molecule has 4 heteroatoms. The van der Waals surface area contributed by atoms with Crippen LogP contribution in [0.4, 0.5) is 0 Å². The average molecular weight is 182 g/mol. The lowest BCUT2D eigenvalue weighted by Crippen LogP contribution is -1.83. The van der Waals surface area contributed by atoms with Crippen molar-refractivity contribution < 1.29 is 0 Å². The van der Waals surface area contributed by atoms with Gasteiger partial charge in [0.05, 0.1) is 23.5 Å². The second-order valence-electron chi connectivity index (χ2n) is 2.85. The van der Waals surface area contributed by atoms with Gasteiger partial charge in [0.1, 0.15) is 6.07 Å². The molecular formula is C10H6N4. The monoisotopic (exact) mass is 182 g/mol. The fraction of sp³-hybridized carbons (Fsp3) is 0.100. The van der Waals surface area contributed by atoms with Crippen molar-refractivity contribution in [1.82, 2.24) is 9.97 Å². The number of para-hydroxylation sites is 1. The van der Waals surface area contributed by atoms with E-state index in [1.165, 1.54) is 0 Å². The summed E-state index contributed by atoms with van der Waals surface area (Å²) in [6, 6.07) is 9.52. The highest BCUT2D eigenvalue weighted by atomic mass is 14.9. The third-order valence-electron chi connectivity index (χ3n) is 1.97. The summed E-state index contributed by atoms with van der Waals surface area (Å²) in [4.78, 5) is 6.94. The Kier molecular flexibility index (Phi) is 1.89. The maximum Gasteiger partial charge on any atom is 0.211 e. The minimum atomic E-state index is 0.283. The molecule has 0 amide bonds. The number of aromatic amines is 1. The molecule has 1 aromatic carbocycles. The number of nitrogens with one attached hydrogen (secondary N) is 1. The molecule has 0 saturated heterocycles. The molecule has 0 aliphatic carbocycles. The van der Waals surface area contributed by atoms with Crippen LogP contribution in [0.5, 0.6) is 0 Å². The van der Waals surface area contributed by atoms with Crippen LogP contribution >= 0.6 is 0 Å². The quantitative estimate of drug-likeness (QED) is 0.726. The number of fused-ring (bicyclic) bond motifs is 1. The van der Waals surface area contributed by atoms with E-state index in [2.05, 4.69) is 16.0 Å². The average Bonchev–Trinajstić information content (AvgIpc) is 2.62. The fourth-order valence-electron chi connectivity index (χ4n) is 1.37. The lowest BCUT2D eigenvalue weighted by molar-refractivity contribution is 1.23. The Hall–Kier alpha value is -2.33. The summed E-state index contributed by atoms with van der Waals surface area (Å²) >= 11 is 0. The number of hydrogen-bond acceptors (Lipinski definition) is 3. The topological polar surface area (TPSA) is 76.3 Å². The van der Waals surface area contributed by atoms with Gasteiger partial charge in [-0.3, -0.25) is 0 Å². The molecule has 1 heterocycles. The predicted octanol–water partition coefficient (Wildman–Crippen LogP) is 1.50. The summed E-state index contributed by atoms with van der Waals surface area (Å²) in [5, 5.41) is 17.2. The van der Waals surface area contributed by atoms with E-state index in [1.54, 1.807) is 0 Å². The molecule has 0 fully saturated rings. The SMILES string of the molecule is N#CCc1cccc2[nH]c(C#N)nc12. The van der Waals surface area contributed by atoms with E-state index < -0.39 is 0 Å². The standard InChI is InChI=1S/C10H6N4/c11-5-4-7-2-1-3-8-10(7)14-9(6-12)13-8/h1-3H,4H2,(H,13,14). The van der Waals surface area contributed by atoms with E-state index in [-0.39, 0.29) is 5.82 Å². The molecule has 2 rings (SSSR count). The van der Waals surface area contributed by atoms with E-state index in [0.29, 0.717) is 11.9 Å². The van der Waals surface area contributed by atoms with Crippen LogP contribution in [0.2, 0.25) is 0 Å². The van der Waals surface area contributed by atoms with Crippen LogP contribution in [0, 0.1) is 22.7 Å². The maximum atomic E-state index is 8.65. The highest BCUT2D eigenvalue weighted by molar-refractivity contribution is 5.79. The van der Waals surface area contributed by atoms with Gasteiger partial charge in [-0.15, -0.1) is 0 Å². The van der Waals surface area contributed by atoms with Crippen molar-refractivity contribution in [3.05, 3.63) is 29.6 Å². The third-order valence-corrected chi connectivity index (χ3v) is 1.97. The number of nitriles is 2. The number of rotatable bonds is 1. The molecule has 4 nitrogen and oxygen atoms in total. The largest absolute Gasteiger partial charge is 0.329 e. The molecule has 0 aliphatic rings. The number of nitrogens with zero attached hydrogens (tertiary/aromatic N) is 3. The van der Waals surface area contributed by atoms with Crippen LogP contribution in [0.1, 0.15) is 11.4 Å². The van der Waals surface area contributed by atoms with Gasteiger partial charge in [0.15, 0.2) is 0 Å². The van der Waals surface area contributed by atoms with Gasteiger partial charge < -0.3 is 4.98 Å². The number of hydrogen-bond donors (Lipinski definition) is 1. The van der Waals surface area contributed by atoms with Crippen molar-refractivity contribution in [2.75, 3.05) is 0 Å². The Balaban J connectivity index is 2.69. The molecule has 2 aromatic rings. The van der Waals surface area contributed by atoms with Crippen molar-refractivity contribution in [2.24, 2.45) is 0 Å². The van der Waals surface area contributed by atoms with E-state index in [1.807, 2.05) is 24.3 Å². The van der Waals surface area contributed by atoms with Crippen molar-refractivity contribution in [3.8, 4) is 12.1 Å². The Morgan fingerprint density at radius 3 is 2.93 bits per heavy atom. The number of benzene rings is 1. The molecular weight excluding hydrogens is 176 g/mol. The van der Waals surface area contributed by atoms with Crippen molar-refractivity contribution >= 4 is 11.0 Å². The molecule has 0 unspecified atom stereocenters. The normalized spacial score (nSPS) is 9.57. The molecule has 0 radical (unpaired) electrons. The smallest absolute Gasteiger partial charge is 0.211 e. The summed E-state index contributed by atoms with van der Waals surface area (Å²) < 4.78 is 0. The van der Waals surface area contributed by atoms with Crippen LogP contribution in [0.15, 0.2) is 18.2 Å². The minimum absolute atomic E-state index is 0.283. The maximum absolute atomic E-state index is 8.65. The van der Waals surface area contributed by atoms with Gasteiger partial charge in [0.2, 0.25) is 5.82 Å². The Morgan fingerprint density at radius 2 is 2.21 bits per heavy atom. The van der Waals surface area contributed by atoms with E-state index in [0.717, 1.165) is 11.1 Å². The first-order valence-electron chi connectivity index (χ1n) is 4.10. The highest BCUT2D eigenvalue weighted by Crippen LogP contribution is 2.16. The Bertz CT molecular complexity index is 553. The van der Waals surface area contributed by atoms with Crippen LogP contribution in [0.3, 0.4) is 0 Å². The van der Waals surface area contributed by atoms with Crippen molar-refractivity contribution in [2.45, 2.75) is 6.42 Å². The van der Waals surface area contributed by atoms with Crippen molar-refractivity contribution in [1.29, 1.82) is 10.5 Å². The lowest BCUT2D eigenvalue weighted by Gasteiger charge is -1.93. The van der Waals surface area contributed by atoms with E-state index in [9.17, 15) is 0 Å². The van der Waals surface area contributed by atoms with Gasteiger partial charge in [-0.05, 0) is 11.6 Å². The first kappa shape index (κ1) is 8.28. The Labute approximate surface area is 80.4 Å². The number of H-pyrrole nitrogens is 1. The molecule has 0 aliphatic heterocycles. The summed E-state index contributed by atoms with van der Waals surface area (Å²) in [6.45, 7) is 0. The van der Waals surface area contributed by atoms with Crippen LogP contribution in [-0.4, -0.2) is 9.97 Å².